The highest BCUT2D eigenvalue weighted by Gasteiger charge is 2.35. The maximum Gasteiger partial charge on any atom is 0.303 e. The fourth-order valence-corrected chi connectivity index (χ4v) is 4.30. The molecule has 1 saturated heterocycles. The lowest BCUT2D eigenvalue weighted by molar-refractivity contribution is -0.145. The molecule has 0 spiro atoms. The molecule has 1 unspecified atom stereocenters. The molecule has 34 heavy (non-hydrogen) atoms. The number of carbonyl (C=O) groups is 4. The van der Waals surface area contributed by atoms with Crippen LogP contribution in [0.3, 0.4) is 0 Å². The van der Waals surface area contributed by atoms with Gasteiger partial charge in [-0.2, -0.15) is 0 Å². The Hall–Kier alpha value is -2.53. The number of hydrogen-bond donors (Lipinski definition) is 2. The highest BCUT2D eigenvalue weighted by Crippen LogP contribution is 2.33. The fraction of sp³-hybridized carbons (Fsp3) is 0.565. The summed E-state index contributed by atoms with van der Waals surface area (Å²) < 4.78 is 16.1. The molecule has 0 saturated carbocycles. The first-order chi connectivity index (χ1) is 15.8. The highest BCUT2D eigenvalue weighted by molar-refractivity contribution is 6.68. The Balaban J connectivity index is 2.49. The van der Waals surface area contributed by atoms with Gasteiger partial charge < -0.3 is 29.5 Å². The molecule has 1 aliphatic heterocycles. The molecule has 1 heterocycles. The molecule has 2 rings (SSSR count). The van der Waals surface area contributed by atoms with E-state index in [2.05, 4.69) is 5.32 Å². The van der Waals surface area contributed by atoms with Crippen LogP contribution in [-0.2, 0) is 23.8 Å². The van der Waals surface area contributed by atoms with Gasteiger partial charge in [0.05, 0.1) is 13.2 Å². The average Bonchev–Trinajstić information content (AvgIpc) is 3.07. The van der Waals surface area contributed by atoms with Crippen LogP contribution in [0.15, 0.2) is 0 Å². The Morgan fingerprint density at radius 1 is 1.15 bits per heavy atom. The predicted molar refractivity (Wildman–Crippen MR) is 124 cm³/mol. The standard InChI is InChI=1S/C23H31ClN2O8/c1-12-18(21(24)30)13(2)20(25-17(29)11-32-15(4)28)14(3)19(12)22(31)26(7-8-27)9-16-10-33-23(5,6)34-16/h16,27H,7-11H2,1-6H3,(H,25,29). The zero-order chi connectivity index (χ0) is 25.8. The molecule has 1 atom stereocenters. The van der Waals surface area contributed by atoms with E-state index < -0.39 is 41.5 Å². The predicted octanol–water partition coefficient (Wildman–Crippen LogP) is 2.08. The molecule has 0 radical (unpaired) electrons. The number of ether oxygens (including phenoxy) is 3. The highest BCUT2D eigenvalue weighted by atomic mass is 35.5. The number of rotatable bonds is 9. The van der Waals surface area contributed by atoms with Crippen LogP contribution >= 0.6 is 11.6 Å². The topological polar surface area (TPSA) is 131 Å². The summed E-state index contributed by atoms with van der Waals surface area (Å²) in [4.78, 5) is 50.7. The van der Waals surface area contributed by atoms with Crippen LogP contribution < -0.4 is 5.32 Å². The molecule has 2 amide bonds. The van der Waals surface area contributed by atoms with Crippen LogP contribution in [0, 0.1) is 20.8 Å². The van der Waals surface area contributed by atoms with Crippen LogP contribution in [0.5, 0.6) is 0 Å². The van der Waals surface area contributed by atoms with Gasteiger partial charge in [0.15, 0.2) is 12.4 Å². The quantitative estimate of drug-likeness (QED) is 0.390. The van der Waals surface area contributed by atoms with E-state index in [1.54, 1.807) is 34.6 Å². The molecule has 11 heteroatoms. The van der Waals surface area contributed by atoms with Crippen molar-refractivity contribution in [1.29, 1.82) is 0 Å². The number of amides is 2. The zero-order valence-corrected chi connectivity index (χ0v) is 21.0. The van der Waals surface area contributed by atoms with Crippen molar-refractivity contribution >= 4 is 40.3 Å². The van der Waals surface area contributed by atoms with Crippen LogP contribution in [-0.4, -0.2) is 77.8 Å². The van der Waals surface area contributed by atoms with E-state index in [9.17, 15) is 24.3 Å². The molecular weight excluding hydrogens is 468 g/mol. The minimum Gasteiger partial charge on any atom is -0.456 e. The Kier molecular flexibility index (Phi) is 9.18. The smallest absolute Gasteiger partial charge is 0.303 e. The van der Waals surface area contributed by atoms with Gasteiger partial charge in [0.2, 0.25) is 0 Å². The van der Waals surface area contributed by atoms with Crippen molar-refractivity contribution in [2.45, 2.75) is 53.4 Å². The molecule has 1 aromatic rings. The lowest BCUT2D eigenvalue weighted by atomic mass is 9.90. The number of hydrogen-bond acceptors (Lipinski definition) is 8. The van der Waals surface area contributed by atoms with Gasteiger partial charge in [-0.3, -0.25) is 19.2 Å². The zero-order valence-electron chi connectivity index (χ0n) is 20.2. The van der Waals surface area contributed by atoms with Gasteiger partial charge in [-0.05, 0) is 62.9 Å². The van der Waals surface area contributed by atoms with E-state index in [-0.39, 0.29) is 43.1 Å². The second kappa shape index (κ2) is 11.3. The normalized spacial score (nSPS) is 16.8. The molecule has 0 bridgehead atoms. The molecule has 1 fully saturated rings. The van der Waals surface area contributed by atoms with Gasteiger partial charge in [-0.25, -0.2) is 0 Å². The van der Waals surface area contributed by atoms with Crippen molar-refractivity contribution in [3.8, 4) is 0 Å². The molecule has 0 aliphatic carbocycles. The molecule has 0 aromatic heterocycles. The minimum absolute atomic E-state index is 0.0180. The fourth-order valence-electron chi connectivity index (χ4n) is 4.02. The molecule has 2 N–H and O–H groups in total. The summed E-state index contributed by atoms with van der Waals surface area (Å²) >= 11 is 5.84. The van der Waals surface area contributed by atoms with E-state index in [1.807, 2.05) is 0 Å². The largest absolute Gasteiger partial charge is 0.456 e. The molecule has 1 aromatic carbocycles. The number of aliphatic hydroxyl groups is 1. The van der Waals surface area contributed by atoms with Crippen molar-refractivity contribution in [2.75, 3.05) is 38.2 Å². The van der Waals surface area contributed by atoms with Gasteiger partial charge in [0.25, 0.3) is 17.1 Å². The summed E-state index contributed by atoms with van der Waals surface area (Å²) in [6.45, 7) is 9.16. The van der Waals surface area contributed by atoms with Gasteiger partial charge in [0, 0.05) is 36.8 Å². The van der Waals surface area contributed by atoms with E-state index in [1.165, 1.54) is 11.8 Å². The van der Waals surface area contributed by atoms with E-state index >= 15 is 0 Å². The summed E-state index contributed by atoms with van der Waals surface area (Å²) in [5.74, 6) is -2.51. The van der Waals surface area contributed by atoms with Crippen molar-refractivity contribution < 1.29 is 38.5 Å². The lowest BCUT2D eigenvalue weighted by Gasteiger charge is -2.28. The van der Waals surface area contributed by atoms with Crippen molar-refractivity contribution in [1.82, 2.24) is 4.90 Å². The maximum atomic E-state index is 13.6. The van der Waals surface area contributed by atoms with Crippen molar-refractivity contribution in [3.63, 3.8) is 0 Å². The number of carbonyl (C=O) groups excluding carboxylic acids is 4. The number of nitrogens with one attached hydrogen (secondary N) is 1. The first kappa shape index (κ1) is 27.7. The summed E-state index contributed by atoms with van der Waals surface area (Å²) in [5, 5.41) is 11.4. The van der Waals surface area contributed by atoms with Crippen molar-refractivity contribution in [2.24, 2.45) is 0 Å². The Morgan fingerprint density at radius 2 is 1.76 bits per heavy atom. The molecular formula is C23H31ClN2O8. The summed E-state index contributed by atoms with van der Waals surface area (Å²) in [6.07, 6.45) is -0.409. The Morgan fingerprint density at radius 3 is 2.26 bits per heavy atom. The third-order valence-corrected chi connectivity index (χ3v) is 5.67. The minimum atomic E-state index is -0.789. The molecule has 188 valence electrons. The van der Waals surface area contributed by atoms with E-state index in [0.717, 1.165) is 0 Å². The Labute approximate surface area is 203 Å². The summed E-state index contributed by atoms with van der Waals surface area (Å²) in [5.41, 5.74) is 1.62. The van der Waals surface area contributed by atoms with Crippen LogP contribution in [0.4, 0.5) is 5.69 Å². The second-order valence-electron chi connectivity index (χ2n) is 8.53. The maximum absolute atomic E-state index is 13.6. The van der Waals surface area contributed by atoms with Gasteiger partial charge in [0.1, 0.15) is 6.10 Å². The number of esters is 1. The molecule has 10 nitrogen and oxygen atoms in total. The first-order valence-electron chi connectivity index (χ1n) is 10.8. The van der Waals surface area contributed by atoms with E-state index in [0.29, 0.717) is 16.7 Å². The van der Waals surface area contributed by atoms with Gasteiger partial charge in [-0.15, -0.1) is 0 Å². The van der Waals surface area contributed by atoms with Gasteiger partial charge >= 0.3 is 5.97 Å². The number of aliphatic hydroxyl groups excluding tert-OH is 1. The summed E-state index contributed by atoms with van der Waals surface area (Å²) in [7, 11) is 0. The third kappa shape index (κ3) is 6.53. The number of halogens is 1. The average molecular weight is 499 g/mol. The lowest BCUT2D eigenvalue weighted by Crippen LogP contribution is -2.41. The number of anilines is 1. The van der Waals surface area contributed by atoms with Crippen molar-refractivity contribution in [3.05, 3.63) is 27.8 Å². The number of nitrogens with zero attached hydrogens (tertiary/aromatic N) is 1. The van der Waals surface area contributed by atoms with E-state index in [4.69, 9.17) is 25.8 Å². The van der Waals surface area contributed by atoms with Crippen LogP contribution in [0.25, 0.3) is 0 Å². The van der Waals surface area contributed by atoms with Gasteiger partial charge in [-0.1, -0.05) is 0 Å². The molecule has 1 aliphatic rings. The van der Waals surface area contributed by atoms with Crippen LogP contribution in [0.1, 0.15) is 58.2 Å². The Bertz CT molecular complexity index is 992. The first-order valence-corrected chi connectivity index (χ1v) is 11.2. The monoisotopic (exact) mass is 498 g/mol. The summed E-state index contributed by atoms with van der Waals surface area (Å²) in [6, 6.07) is 0. The van der Waals surface area contributed by atoms with Crippen LogP contribution in [0.2, 0.25) is 0 Å². The number of benzene rings is 1. The second-order valence-corrected chi connectivity index (χ2v) is 8.87. The third-order valence-electron chi connectivity index (χ3n) is 5.48. The SMILES string of the molecule is CC(=O)OCC(=O)Nc1c(C)c(C(=O)Cl)c(C)c(C(=O)N(CCO)CC2COC(C)(C)O2)c1C.